The Morgan fingerprint density at radius 3 is 1.35 bits per heavy atom. The van der Waals surface area contributed by atoms with Crippen LogP contribution in [-0.4, -0.2) is 22.3 Å². The number of hydrogen-bond acceptors (Lipinski definition) is 1. The molecule has 0 aromatic rings. The van der Waals surface area contributed by atoms with Crippen LogP contribution in [0.5, 0.6) is 0 Å². The molecule has 0 saturated heterocycles. The Kier molecular flexibility index (Phi) is 17.9. The summed E-state index contributed by atoms with van der Waals surface area (Å²) in [4.78, 5) is 0. The van der Waals surface area contributed by atoms with Crippen LogP contribution in [-0.2, 0) is 4.74 Å². The summed E-state index contributed by atoms with van der Waals surface area (Å²) < 4.78 is 41.8. The van der Waals surface area contributed by atoms with Crippen LogP contribution >= 0.6 is 0 Å². The van der Waals surface area contributed by atoms with E-state index >= 15 is 0 Å². The summed E-state index contributed by atoms with van der Waals surface area (Å²) >= 11 is 0. The fraction of sp³-hybridized carbons (Fsp3) is 0.905. The van der Waals surface area contributed by atoms with Crippen molar-refractivity contribution >= 4 is 9.08 Å². The fourth-order valence-corrected chi connectivity index (χ4v) is 3.72. The van der Waals surface area contributed by atoms with Gasteiger partial charge in [-0.1, -0.05) is 95.6 Å². The highest BCUT2D eigenvalue weighted by Crippen LogP contribution is 2.20. The monoisotopic (exact) mass is 394 g/mol. The number of ether oxygens (including phenoxy) is 1. The van der Waals surface area contributed by atoms with Gasteiger partial charge < -0.3 is 4.74 Å². The molecule has 0 amide bonds. The van der Waals surface area contributed by atoms with Crippen LogP contribution in [0.25, 0.3) is 0 Å². The van der Waals surface area contributed by atoms with Gasteiger partial charge in [0, 0.05) is 12.7 Å². The minimum absolute atomic E-state index is 0.358. The van der Waals surface area contributed by atoms with Crippen molar-refractivity contribution in [3.8, 4) is 0 Å². The molecule has 0 atom stereocenters. The molecule has 1 nitrogen and oxygen atoms in total. The van der Waals surface area contributed by atoms with Crippen molar-refractivity contribution < 1.29 is 17.1 Å². The van der Waals surface area contributed by atoms with Crippen LogP contribution in [0.15, 0.2) is 12.2 Å². The van der Waals surface area contributed by atoms with Gasteiger partial charge in [0.25, 0.3) is 0 Å². The first-order valence-electron chi connectivity index (χ1n) is 10.7. The second kappa shape index (κ2) is 18.1. The Morgan fingerprint density at radius 1 is 0.654 bits per heavy atom. The summed E-state index contributed by atoms with van der Waals surface area (Å²) in [5.41, 5.74) is 1.09. The molecule has 0 fully saturated rings. The van der Waals surface area contributed by atoms with E-state index in [2.05, 4.69) is 6.58 Å². The summed E-state index contributed by atoms with van der Waals surface area (Å²) in [5, 5.41) is 0. The fourth-order valence-electron chi connectivity index (χ4n) is 3.07. The molecule has 0 aliphatic carbocycles. The molecule has 0 heterocycles. The average molecular weight is 395 g/mol. The Bertz CT molecular complexity index is 319. The summed E-state index contributed by atoms with van der Waals surface area (Å²) in [5.74, 6) is 0. The highest BCUT2D eigenvalue weighted by molar-refractivity contribution is 6.58. The van der Waals surface area contributed by atoms with E-state index in [9.17, 15) is 12.3 Å². The van der Waals surface area contributed by atoms with Gasteiger partial charge >= 0.3 is 9.08 Å². The molecule has 0 unspecified atom stereocenters. The zero-order valence-corrected chi connectivity index (χ0v) is 18.0. The third-order valence-corrected chi connectivity index (χ3v) is 5.52. The Labute approximate surface area is 161 Å². The van der Waals surface area contributed by atoms with Gasteiger partial charge in [0.05, 0.1) is 6.61 Å². The minimum atomic E-state index is -5.28. The van der Waals surface area contributed by atoms with E-state index in [4.69, 9.17) is 4.74 Å². The summed E-state index contributed by atoms with van der Waals surface area (Å²) in [7, 11) is -5.28. The second-order valence-electron chi connectivity index (χ2n) is 7.68. The maximum absolute atomic E-state index is 12.1. The van der Waals surface area contributed by atoms with Gasteiger partial charge in [0.1, 0.15) is 0 Å². The summed E-state index contributed by atoms with van der Waals surface area (Å²) in [6.45, 7) is 7.36. The van der Waals surface area contributed by atoms with E-state index < -0.39 is 15.1 Å². The van der Waals surface area contributed by atoms with Crippen molar-refractivity contribution in [1.82, 2.24) is 0 Å². The second-order valence-corrected chi connectivity index (χ2v) is 9.41. The van der Waals surface area contributed by atoms with Gasteiger partial charge in [-0.05, 0) is 19.8 Å². The van der Waals surface area contributed by atoms with Crippen molar-refractivity contribution in [1.29, 1.82) is 0 Å². The van der Waals surface area contributed by atoms with Gasteiger partial charge in [0.15, 0.2) is 0 Å². The molecule has 0 spiro atoms. The molecule has 0 radical (unpaired) electrons. The molecule has 26 heavy (non-hydrogen) atoms. The molecule has 0 bridgehead atoms. The maximum atomic E-state index is 12.1. The van der Waals surface area contributed by atoms with Crippen LogP contribution in [0, 0.1) is 0 Å². The molecule has 5 heteroatoms. The first kappa shape index (κ1) is 25.7. The minimum Gasteiger partial charge on any atom is -0.377 e. The van der Waals surface area contributed by atoms with Crippen molar-refractivity contribution in [2.75, 3.05) is 13.2 Å². The van der Waals surface area contributed by atoms with Crippen molar-refractivity contribution in [2.45, 2.75) is 109 Å². The van der Waals surface area contributed by atoms with Gasteiger partial charge in [0.2, 0.25) is 0 Å². The smallest absolute Gasteiger partial charge is 0.377 e. The zero-order valence-electron chi connectivity index (χ0n) is 17.0. The predicted molar refractivity (Wildman–Crippen MR) is 109 cm³/mol. The van der Waals surface area contributed by atoms with Crippen molar-refractivity contribution in [2.24, 2.45) is 0 Å². The van der Waals surface area contributed by atoms with E-state index in [-0.39, 0.29) is 0 Å². The summed E-state index contributed by atoms with van der Waals surface area (Å²) in [6.07, 6.45) is 17.3. The highest BCUT2D eigenvalue weighted by atomic mass is 28.5. The molecule has 0 aromatic heterocycles. The molecule has 0 aromatic carbocycles. The van der Waals surface area contributed by atoms with Crippen molar-refractivity contribution in [3.05, 3.63) is 12.2 Å². The third-order valence-electron chi connectivity index (χ3n) is 4.60. The van der Waals surface area contributed by atoms with Gasteiger partial charge in [-0.15, -0.1) is 0 Å². The van der Waals surface area contributed by atoms with E-state index in [0.29, 0.717) is 13.0 Å². The van der Waals surface area contributed by atoms with Crippen molar-refractivity contribution in [3.63, 3.8) is 0 Å². The lowest BCUT2D eigenvalue weighted by Crippen LogP contribution is -2.13. The SMILES string of the molecule is C=C(C)COCCCCCCCCCCCCCCCCC[Si](F)(F)F. The topological polar surface area (TPSA) is 9.23 Å². The number of halogens is 3. The molecular formula is C21H41F3OSi. The number of hydrogen-bond donors (Lipinski definition) is 0. The van der Waals surface area contributed by atoms with Gasteiger partial charge in [-0.25, -0.2) is 12.3 Å². The van der Waals surface area contributed by atoms with Crippen LogP contribution < -0.4 is 0 Å². The normalized spacial score (nSPS) is 11.8. The van der Waals surface area contributed by atoms with E-state index in [1.165, 1.54) is 64.2 Å². The molecular weight excluding hydrogens is 353 g/mol. The molecule has 0 rings (SSSR count). The molecule has 0 N–H and O–H groups in total. The number of rotatable bonds is 20. The lowest BCUT2D eigenvalue weighted by molar-refractivity contribution is 0.151. The van der Waals surface area contributed by atoms with Crippen LogP contribution in [0.2, 0.25) is 6.04 Å². The molecule has 0 saturated carbocycles. The highest BCUT2D eigenvalue weighted by Gasteiger charge is 2.35. The molecule has 0 aliphatic heterocycles. The molecule has 0 aliphatic rings. The van der Waals surface area contributed by atoms with Gasteiger partial charge in [-0.3, -0.25) is 0 Å². The zero-order chi connectivity index (χ0) is 19.5. The lowest BCUT2D eigenvalue weighted by Gasteiger charge is -2.05. The Balaban J connectivity index is 3.04. The van der Waals surface area contributed by atoms with Gasteiger partial charge in [-0.2, -0.15) is 0 Å². The standard InChI is InChI=1S/C21H41F3OSi/c1-21(2)20-25-18-16-14-12-10-8-6-4-3-5-7-9-11-13-15-17-19-26(22,23)24/h1,3-20H2,2H3. The predicted octanol–water partition coefficient (Wildman–Crippen LogP) is 8.28. The first-order valence-corrected chi connectivity index (χ1v) is 12.5. The molecule has 156 valence electrons. The largest absolute Gasteiger partial charge is 0.616 e. The van der Waals surface area contributed by atoms with E-state index in [1.54, 1.807) is 0 Å². The van der Waals surface area contributed by atoms with Crippen LogP contribution in [0.3, 0.4) is 0 Å². The Hall–Kier alpha value is -0.293. The van der Waals surface area contributed by atoms with E-state index in [1.807, 2.05) is 6.92 Å². The lowest BCUT2D eigenvalue weighted by atomic mass is 10.0. The van der Waals surface area contributed by atoms with E-state index in [0.717, 1.165) is 37.9 Å². The average Bonchev–Trinajstić information content (AvgIpc) is 2.55. The maximum Gasteiger partial charge on any atom is 0.616 e. The Morgan fingerprint density at radius 2 is 1.00 bits per heavy atom. The number of unbranched alkanes of at least 4 members (excludes halogenated alkanes) is 14. The third kappa shape index (κ3) is 23.7. The quantitative estimate of drug-likeness (QED) is 0.0873. The first-order chi connectivity index (χ1) is 12.4. The summed E-state index contributed by atoms with van der Waals surface area (Å²) in [6, 6.07) is -0.476. The van der Waals surface area contributed by atoms with Crippen LogP contribution in [0.1, 0.15) is 103 Å². The van der Waals surface area contributed by atoms with Crippen LogP contribution in [0.4, 0.5) is 12.3 Å².